The standard InChI is InChI=1S/C26H31N5O2S2/c1-18-17-20(13-14-21(18)29-35(2,32)33)31-25(24(28-26(31)34)22-11-6-7-15-27-22)23-12-8-16-30(23)19-9-4-3-5-10-19/h6-8,11-17,19,24-25,29H,3-5,9-10H2,1-2H3,(H,28,34)/t24-,25-/m1/s1. The van der Waals surface area contributed by atoms with Crippen molar-refractivity contribution in [3.8, 4) is 0 Å². The summed E-state index contributed by atoms with van der Waals surface area (Å²) in [6.07, 6.45) is 11.4. The number of hydrogen-bond acceptors (Lipinski definition) is 4. The molecule has 1 aromatic carbocycles. The first-order valence-electron chi connectivity index (χ1n) is 12.1. The number of nitrogens with zero attached hydrogens (tertiary/aromatic N) is 3. The van der Waals surface area contributed by atoms with Gasteiger partial charge in [-0.25, -0.2) is 8.42 Å². The third kappa shape index (κ3) is 4.92. The molecule has 2 atom stereocenters. The Morgan fingerprint density at radius 3 is 2.57 bits per heavy atom. The van der Waals surface area contributed by atoms with Crippen molar-refractivity contribution in [2.45, 2.75) is 57.2 Å². The van der Waals surface area contributed by atoms with Crippen molar-refractivity contribution in [1.82, 2.24) is 14.9 Å². The summed E-state index contributed by atoms with van der Waals surface area (Å²) in [5.41, 5.74) is 4.46. The molecule has 2 N–H and O–H groups in total. The van der Waals surface area contributed by atoms with Crippen molar-refractivity contribution < 1.29 is 8.42 Å². The van der Waals surface area contributed by atoms with E-state index in [1.165, 1.54) is 37.8 Å². The summed E-state index contributed by atoms with van der Waals surface area (Å²) in [4.78, 5) is 6.82. The third-order valence-electron chi connectivity index (χ3n) is 6.96. The maximum Gasteiger partial charge on any atom is 0.229 e. The Morgan fingerprint density at radius 2 is 1.89 bits per heavy atom. The van der Waals surface area contributed by atoms with Gasteiger partial charge in [0.25, 0.3) is 0 Å². The Morgan fingerprint density at radius 1 is 1.09 bits per heavy atom. The summed E-state index contributed by atoms with van der Waals surface area (Å²) in [6.45, 7) is 1.90. The molecule has 184 valence electrons. The lowest BCUT2D eigenvalue weighted by atomic mass is 9.94. The van der Waals surface area contributed by atoms with Crippen molar-refractivity contribution in [3.05, 3.63) is 77.9 Å². The van der Waals surface area contributed by atoms with E-state index in [-0.39, 0.29) is 12.1 Å². The van der Waals surface area contributed by atoms with Gasteiger partial charge in [-0.1, -0.05) is 25.3 Å². The Labute approximate surface area is 212 Å². The highest BCUT2D eigenvalue weighted by Crippen LogP contribution is 2.44. The maximum atomic E-state index is 11.8. The molecule has 2 aliphatic rings. The zero-order chi connectivity index (χ0) is 24.6. The predicted octanol–water partition coefficient (Wildman–Crippen LogP) is 5.25. The highest BCUT2D eigenvalue weighted by Gasteiger charge is 2.42. The molecular weight excluding hydrogens is 478 g/mol. The van der Waals surface area contributed by atoms with Crippen LogP contribution in [-0.2, 0) is 10.0 Å². The van der Waals surface area contributed by atoms with Crippen LogP contribution < -0.4 is 14.9 Å². The number of pyridine rings is 1. The largest absolute Gasteiger partial charge is 0.351 e. The molecule has 1 aliphatic heterocycles. The number of rotatable bonds is 6. The second kappa shape index (κ2) is 9.62. The summed E-state index contributed by atoms with van der Waals surface area (Å²) < 4.78 is 28.6. The summed E-state index contributed by atoms with van der Waals surface area (Å²) in [5.74, 6) is 0. The Balaban J connectivity index is 1.58. The molecule has 2 aromatic heterocycles. The Hall–Kier alpha value is -2.91. The summed E-state index contributed by atoms with van der Waals surface area (Å²) in [5, 5.41) is 4.16. The Bertz CT molecular complexity index is 1320. The molecule has 0 spiro atoms. The molecule has 0 bridgehead atoms. The predicted molar refractivity (Wildman–Crippen MR) is 144 cm³/mol. The number of sulfonamides is 1. The average molecular weight is 510 g/mol. The molecule has 1 aliphatic carbocycles. The van der Waals surface area contributed by atoms with Crippen molar-refractivity contribution in [3.63, 3.8) is 0 Å². The summed E-state index contributed by atoms with van der Waals surface area (Å²) >= 11 is 5.88. The van der Waals surface area contributed by atoms with Crippen LogP contribution in [0.5, 0.6) is 0 Å². The molecule has 3 aromatic rings. The monoisotopic (exact) mass is 509 g/mol. The molecule has 1 saturated carbocycles. The highest BCUT2D eigenvalue weighted by atomic mass is 32.2. The van der Waals surface area contributed by atoms with Gasteiger partial charge in [-0.2, -0.15) is 0 Å². The van der Waals surface area contributed by atoms with Gasteiger partial charge in [0.2, 0.25) is 10.0 Å². The van der Waals surface area contributed by atoms with Crippen LogP contribution in [0.2, 0.25) is 0 Å². The number of aryl methyl sites for hydroxylation is 1. The van der Waals surface area contributed by atoms with E-state index >= 15 is 0 Å². The number of aromatic nitrogens is 2. The van der Waals surface area contributed by atoms with Crippen LogP contribution in [0.15, 0.2) is 60.9 Å². The summed E-state index contributed by atoms with van der Waals surface area (Å²) in [7, 11) is -3.36. The molecule has 3 heterocycles. The fourth-order valence-electron chi connectivity index (χ4n) is 5.39. The van der Waals surface area contributed by atoms with E-state index in [2.05, 4.69) is 42.8 Å². The van der Waals surface area contributed by atoms with Gasteiger partial charge in [-0.05, 0) is 80.0 Å². The fraction of sp³-hybridized carbons (Fsp3) is 0.385. The molecular formula is C26H31N5O2S2. The molecule has 5 rings (SSSR count). The minimum atomic E-state index is -3.36. The van der Waals surface area contributed by atoms with Crippen molar-refractivity contribution in [1.29, 1.82) is 0 Å². The third-order valence-corrected chi connectivity index (χ3v) is 7.87. The molecule has 35 heavy (non-hydrogen) atoms. The fourth-order valence-corrected chi connectivity index (χ4v) is 6.37. The molecule has 0 amide bonds. The first kappa shape index (κ1) is 23.8. The van der Waals surface area contributed by atoms with E-state index in [0.29, 0.717) is 16.8 Å². The van der Waals surface area contributed by atoms with Gasteiger partial charge < -0.3 is 14.8 Å². The first-order chi connectivity index (χ1) is 16.8. The van der Waals surface area contributed by atoms with Gasteiger partial charge in [0.05, 0.1) is 23.7 Å². The van der Waals surface area contributed by atoms with Gasteiger partial charge in [0.1, 0.15) is 6.04 Å². The smallest absolute Gasteiger partial charge is 0.229 e. The number of benzene rings is 1. The van der Waals surface area contributed by atoms with Gasteiger partial charge in [0.15, 0.2) is 5.11 Å². The second-order valence-corrected chi connectivity index (χ2v) is 11.6. The topological polar surface area (TPSA) is 79.3 Å². The van der Waals surface area contributed by atoms with Crippen LogP contribution >= 0.6 is 12.2 Å². The number of thiocarbonyl (C=S) groups is 1. The maximum absolute atomic E-state index is 11.8. The molecule has 0 radical (unpaired) electrons. The van der Waals surface area contributed by atoms with Crippen LogP contribution in [0.4, 0.5) is 11.4 Å². The van der Waals surface area contributed by atoms with E-state index in [1.54, 1.807) is 6.07 Å². The lowest BCUT2D eigenvalue weighted by Gasteiger charge is -2.32. The Kier molecular flexibility index (Phi) is 6.55. The second-order valence-electron chi connectivity index (χ2n) is 9.50. The van der Waals surface area contributed by atoms with Crippen LogP contribution in [0.25, 0.3) is 0 Å². The molecule has 9 heteroatoms. The molecule has 7 nitrogen and oxygen atoms in total. The molecule has 0 unspecified atom stereocenters. The van der Waals surface area contributed by atoms with Crippen LogP contribution in [0.1, 0.15) is 67.2 Å². The van der Waals surface area contributed by atoms with E-state index in [4.69, 9.17) is 12.2 Å². The number of nitrogens with one attached hydrogen (secondary N) is 2. The van der Waals surface area contributed by atoms with Crippen LogP contribution in [0, 0.1) is 6.92 Å². The minimum absolute atomic E-state index is 0.0950. The summed E-state index contributed by atoms with van der Waals surface area (Å²) in [6, 6.07) is 16.3. The SMILES string of the molecule is Cc1cc(N2C(=S)N[C@H](c3ccccn3)[C@H]2c2cccn2C2CCCCC2)ccc1NS(C)(=O)=O. The van der Waals surface area contributed by atoms with Crippen molar-refractivity contribution in [2.75, 3.05) is 15.9 Å². The van der Waals surface area contributed by atoms with Gasteiger partial charge in [-0.15, -0.1) is 0 Å². The van der Waals surface area contributed by atoms with E-state index in [1.807, 2.05) is 43.5 Å². The first-order valence-corrected chi connectivity index (χ1v) is 14.4. The molecule has 2 fully saturated rings. The van der Waals surface area contributed by atoms with Gasteiger partial charge in [0, 0.05) is 29.8 Å². The van der Waals surface area contributed by atoms with Crippen LogP contribution in [-0.4, -0.2) is 29.3 Å². The minimum Gasteiger partial charge on any atom is -0.351 e. The number of hydrogen-bond donors (Lipinski definition) is 2. The normalized spacial score (nSPS) is 21.2. The zero-order valence-electron chi connectivity index (χ0n) is 20.0. The number of anilines is 2. The quantitative estimate of drug-likeness (QED) is 0.442. The van der Waals surface area contributed by atoms with Gasteiger partial charge >= 0.3 is 0 Å². The lowest BCUT2D eigenvalue weighted by molar-refractivity contribution is 0.340. The lowest BCUT2D eigenvalue weighted by Crippen LogP contribution is -2.31. The van der Waals surface area contributed by atoms with E-state index < -0.39 is 10.0 Å². The van der Waals surface area contributed by atoms with Crippen molar-refractivity contribution >= 4 is 38.7 Å². The van der Waals surface area contributed by atoms with E-state index in [9.17, 15) is 8.42 Å². The average Bonchev–Trinajstić information content (AvgIpc) is 3.45. The van der Waals surface area contributed by atoms with Gasteiger partial charge in [-0.3, -0.25) is 9.71 Å². The van der Waals surface area contributed by atoms with Crippen molar-refractivity contribution in [2.24, 2.45) is 0 Å². The van der Waals surface area contributed by atoms with Crippen LogP contribution in [0.3, 0.4) is 0 Å². The molecule has 1 saturated heterocycles. The zero-order valence-corrected chi connectivity index (χ0v) is 21.6. The highest BCUT2D eigenvalue weighted by molar-refractivity contribution is 7.92. The van der Waals surface area contributed by atoms with E-state index in [0.717, 1.165) is 23.2 Å².